The maximum absolute atomic E-state index is 5.70. The molecule has 0 spiro atoms. The lowest BCUT2D eigenvalue weighted by atomic mass is 9.86. The highest BCUT2D eigenvalue weighted by Gasteiger charge is 2.21. The van der Waals surface area contributed by atoms with Gasteiger partial charge in [0.25, 0.3) is 0 Å². The Labute approximate surface area is 139 Å². The Morgan fingerprint density at radius 1 is 1.17 bits per heavy atom. The first kappa shape index (κ1) is 16.9. The summed E-state index contributed by atoms with van der Waals surface area (Å²) in [6.45, 7) is 16.8. The zero-order valence-corrected chi connectivity index (χ0v) is 13.7. The van der Waals surface area contributed by atoms with E-state index >= 15 is 0 Å². The summed E-state index contributed by atoms with van der Waals surface area (Å²) >= 11 is 0. The third kappa shape index (κ3) is 4.04. The lowest BCUT2D eigenvalue weighted by molar-refractivity contribution is 0.356. The summed E-state index contributed by atoms with van der Waals surface area (Å²) in [5.74, 6) is 0.990. The van der Waals surface area contributed by atoms with Crippen molar-refractivity contribution in [2.45, 2.75) is 19.3 Å². The third-order valence-corrected chi connectivity index (χ3v) is 4.04. The van der Waals surface area contributed by atoms with Gasteiger partial charge in [-0.3, -0.25) is 0 Å². The fourth-order valence-corrected chi connectivity index (χ4v) is 2.70. The first-order chi connectivity index (χ1) is 11.2. The summed E-state index contributed by atoms with van der Waals surface area (Å²) in [6, 6.07) is 4.15. The Morgan fingerprint density at radius 2 is 1.96 bits per heavy atom. The molecule has 23 heavy (non-hydrogen) atoms. The fourth-order valence-electron chi connectivity index (χ4n) is 2.70. The minimum Gasteiger partial charge on any atom is -0.489 e. The average Bonchev–Trinajstić information content (AvgIpc) is 2.52. The molecule has 0 aliphatic heterocycles. The zero-order chi connectivity index (χ0) is 16.7. The van der Waals surface area contributed by atoms with Gasteiger partial charge < -0.3 is 10.1 Å². The molecule has 0 heterocycles. The van der Waals surface area contributed by atoms with E-state index in [2.05, 4.69) is 37.7 Å². The molecule has 1 aliphatic carbocycles. The monoisotopic (exact) mass is 307 g/mol. The van der Waals surface area contributed by atoms with E-state index in [1.54, 1.807) is 12.2 Å². The number of hydrogen-bond acceptors (Lipinski definition) is 2. The van der Waals surface area contributed by atoms with Gasteiger partial charge in [-0.1, -0.05) is 50.6 Å². The summed E-state index contributed by atoms with van der Waals surface area (Å²) in [6.07, 6.45) is 10.4. The van der Waals surface area contributed by atoms with Crippen LogP contribution in [0.4, 0.5) is 5.69 Å². The van der Waals surface area contributed by atoms with Gasteiger partial charge in [-0.05, 0) is 53.7 Å². The van der Waals surface area contributed by atoms with Gasteiger partial charge in [-0.15, -0.1) is 0 Å². The van der Waals surface area contributed by atoms with Crippen LogP contribution in [0.25, 0.3) is 0 Å². The molecule has 2 heteroatoms. The molecule has 0 aromatic heterocycles. The second-order valence-electron chi connectivity index (χ2n) is 5.51. The molecule has 0 unspecified atom stereocenters. The van der Waals surface area contributed by atoms with Gasteiger partial charge in [-0.2, -0.15) is 0 Å². The Hall–Kier alpha value is -2.48. The van der Waals surface area contributed by atoms with Gasteiger partial charge in [0.15, 0.2) is 0 Å². The highest BCUT2D eigenvalue weighted by Crippen LogP contribution is 2.37. The van der Waals surface area contributed by atoms with E-state index < -0.39 is 0 Å². The molecule has 1 aromatic rings. The summed E-state index contributed by atoms with van der Waals surface area (Å²) in [4.78, 5) is 0. The van der Waals surface area contributed by atoms with Crippen molar-refractivity contribution in [1.29, 1.82) is 0 Å². The summed E-state index contributed by atoms with van der Waals surface area (Å²) in [5.41, 5.74) is 6.02. The van der Waals surface area contributed by atoms with Crippen LogP contribution in [0.15, 0.2) is 73.9 Å². The van der Waals surface area contributed by atoms with E-state index in [1.165, 1.54) is 16.8 Å². The summed E-state index contributed by atoms with van der Waals surface area (Å²) in [7, 11) is 0. The van der Waals surface area contributed by atoms with Gasteiger partial charge in [0.05, 0.1) is 0 Å². The Balaban J connectivity index is 1.94. The normalized spacial score (nSPS) is 12.6. The highest BCUT2D eigenvalue weighted by atomic mass is 16.5. The second kappa shape index (κ2) is 8.23. The van der Waals surface area contributed by atoms with Gasteiger partial charge in [0.1, 0.15) is 12.4 Å². The molecule has 0 bridgehead atoms. The molecule has 0 amide bonds. The van der Waals surface area contributed by atoms with Crippen molar-refractivity contribution in [3.63, 3.8) is 0 Å². The first-order valence-electron chi connectivity index (χ1n) is 7.96. The lowest BCUT2D eigenvalue weighted by Gasteiger charge is -2.26. The highest BCUT2D eigenvalue weighted by molar-refractivity contribution is 5.63. The van der Waals surface area contributed by atoms with Crippen LogP contribution in [0.2, 0.25) is 0 Å². The van der Waals surface area contributed by atoms with E-state index in [0.717, 1.165) is 42.7 Å². The largest absolute Gasteiger partial charge is 0.489 e. The number of benzene rings is 1. The number of rotatable bonds is 10. The molecule has 0 saturated heterocycles. The van der Waals surface area contributed by atoms with Crippen molar-refractivity contribution in [1.82, 2.24) is 0 Å². The quantitative estimate of drug-likeness (QED) is 0.485. The Morgan fingerprint density at radius 3 is 2.57 bits per heavy atom. The molecule has 2 rings (SSSR count). The van der Waals surface area contributed by atoms with E-state index in [1.807, 2.05) is 18.2 Å². The van der Waals surface area contributed by atoms with Crippen LogP contribution in [0.5, 0.6) is 5.75 Å². The number of hydrogen-bond donors (Lipinski definition) is 1. The standard InChI is InChI=1S/C21H25NO/c1-5-8-17(7-3)16(4)13-14-22-20-11-12-21(23-15-6-2)19-10-9-18(19)20/h5-8,11-12,22H,1-4,9-10,13-15H2/b17-8+. The predicted octanol–water partition coefficient (Wildman–Crippen LogP) is 5.01. The van der Waals surface area contributed by atoms with Crippen LogP contribution in [0.3, 0.4) is 0 Å². The van der Waals surface area contributed by atoms with E-state index in [0.29, 0.717) is 6.61 Å². The van der Waals surface area contributed by atoms with Crippen molar-refractivity contribution in [3.8, 4) is 5.75 Å². The van der Waals surface area contributed by atoms with Crippen LogP contribution >= 0.6 is 0 Å². The molecule has 1 aliphatic rings. The minimum absolute atomic E-state index is 0.555. The van der Waals surface area contributed by atoms with Gasteiger partial charge in [0, 0.05) is 12.2 Å². The SMILES string of the molecule is C=C/C=C(\C=C)C(=C)CCNc1ccc(OCC=C)c2c1CC2. The number of fused-ring (bicyclic) bond motifs is 1. The van der Waals surface area contributed by atoms with E-state index in [-0.39, 0.29) is 0 Å². The number of ether oxygens (including phenoxy) is 1. The molecule has 1 N–H and O–H groups in total. The van der Waals surface area contributed by atoms with Crippen molar-refractivity contribution in [3.05, 3.63) is 85.0 Å². The summed E-state index contributed by atoms with van der Waals surface area (Å²) in [5, 5.41) is 3.52. The van der Waals surface area contributed by atoms with E-state index in [4.69, 9.17) is 4.74 Å². The molecular formula is C21H25NO. The Kier molecular flexibility index (Phi) is 6.04. The molecule has 2 nitrogen and oxygen atoms in total. The van der Waals surface area contributed by atoms with Crippen molar-refractivity contribution in [2.75, 3.05) is 18.5 Å². The molecule has 0 radical (unpaired) electrons. The second-order valence-corrected chi connectivity index (χ2v) is 5.51. The smallest absolute Gasteiger partial charge is 0.123 e. The van der Waals surface area contributed by atoms with Crippen molar-refractivity contribution in [2.24, 2.45) is 0 Å². The maximum atomic E-state index is 5.70. The van der Waals surface area contributed by atoms with Crippen molar-refractivity contribution < 1.29 is 4.74 Å². The first-order valence-corrected chi connectivity index (χ1v) is 7.96. The minimum atomic E-state index is 0.555. The van der Waals surface area contributed by atoms with Gasteiger partial charge in [0.2, 0.25) is 0 Å². The van der Waals surface area contributed by atoms with Crippen LogP contribution in [0.1, 0.15) is 17.5 Å². The Bertz CT molecular complexity index is 652. The number of nitrogens with one attached hydrogen (secondary N) is 1. The molecular weight excluding hydrogens is 282 g/mol. The van der Waals surface area contributed by atoms with Crippen LogP contribution < -0.4 is 10.1 Å². The molecule has 0 atom stereocenters. The number of anilines is 1. The molecule has 0 saturated carbocycles. The predicted molar refractivity (Wildman–Crippen MR) is 100 cm³/mol. The lowest BCUT2D eigenvalue weighted by Crippen LogP contribution is -2.16. The van der Waals surface area contributed by atoms with Gasteiger partial charge in [-0.25, -0.2) is 0 Å². The van der Waals surface area contributed by atoms with Crippen molar-refractivity contribution >= 4 is 5.69 Å². The fraction of sp³-hybridized carbons (Fsp3) is 0.238. The van der Waals surface area contributed by atoms with Crippen LogP contribution in [-0.2, 0) is 12.8 Å². The summed E-state index contributed by atoms with van der Waals surface area (Å²) < 4.78 is 5.70. The van der Waals surface area contributed by atoms with Gasteiger partial charge >= 0.3 is 0 Å². The van der Waals surface area contributed by atoms with Crippen LogP contribution in [-0.4, -0.2) is 13.2 Å². The van der Waals surface area contributed by atoms with E-state index in [9.17, 15) is 0 Å². The number of allylic oxidation sites excluding steroid dienone is 4. The molecule has 1 aromatic carbocycles. The maximum Gasteiger partial charge on any atom is 0.123 e. The van der Waals surface area contributed by atoms with Crippen LogP contribution in [0, 0.1) is 0 Å². The topological polar surface area (TPSA) is 21.3 Å². The average molecular weight is 307 g/mol. The molecule has 0 fully saturated rings. The third-order valence-electron chi connectivity index (χ3n) is 4.04. The molecule has 120 valence electrons. The zero-order valence-electron chi connectivity index (χ0n) is 13.7.